The summed E-state index contributed by atoms with van der Waals surface area (Å²) in [6, 6.07) is 10.5. The molecule has 0 fully saturated rings. The van der Waals surface area contributed by atoms with E-state index in [1.165, 1.54) is 6.07 Å². The molecule has 5 nitrogen and oxygen atoms in total. The summed E-state index contributed by atoms with van der Waals surface area (Å²) in [6.45, 7) is 1.80. The molecule has 0 spiro atoms. The van der Waals surface area contributed by atoms with E-state index in [9.17, 15) is 13.6 Å². The minimum atomic E-state index is -0.970. The highest BCUT2D eigenvalue weighted by molar-refractivity contribution is 5.92. The van der Waals surface area contributed by atoms with Gasteiger partial charge in [-0.05, 0) is 36.8 Å². The molecule has 0 bridgehead atoms. The second-order valence-corrected chi connectivity index (χ2v) is 5.30. The number of nitrogens with one attached hydrogen (secondary N) is 2. The lowest BCUT2D eigenvalue weighted by Gasteiger charge is -2.07. The van der Waals surface area contributed by atoms with Gasteiger partial charge in [0.05, 0.1) is 6.42 Å². The van der Waals surface area contributed by atoms with Crippen molar-refractivity contribution in [1.29, 1.82) is 0 Å². The molecule has 0 unspecified atom stereocenters. The van der Waals surface area contributed by atoms with Gasteiger partial charge in [-0.2, -0.15) is 5.10 Å². The van der Waals surface area contributed by atoms with E-state index in [-0.39, 0.29) is 12.3 Å². The first kappa shape index (κ1) is 15.8. The van der Waals surface area contributed by atoms with Crippen LogP contribution in [-0.4, -0.2) is 21.1 Å². The summed E-state index contributed by atoms with van der Waals surface area (Å²) >= 11 is 0. The smallest absolute Gasteiger partial charge is 0.228 e. The molecular weight excluding hydrogens is 314 g/mol. The highest BCUT2D eigenvalue weighted by Crippen LogP contribution is 2.19. The second-order valence-electron chi connectivity index (χ2n) is 5.30. The lowest BCUT2D eigenvalue weighted by Crippen LogP contribution is -2.14. The fourth-order valence-electron chi connectivity index (χ4n) is 2.25. The van der Waals surface area contributed by atoms with E-state index in [1.807, 2.05) is 6.07 Å². The van der Waals surface area contributed by atoms with Crippen LogP contribution in [0.3, 0.4) is 0 Å². The van der Waals surface area contributed by atoms with Crippen molar-refractivity contribution in [2.24, 2.45) is 0 Å². The topological polar surface area (TPSA) is 70.7 Å². The average Bonchev–Trinajstić information content (AvgIpc) is 2.98. The van der Waals surface area contributed by atoms with Crippen LogP contribution in [0.2, 0.25) is 0 Å². The summed E-state index contributed by atoms with van der Waals surface area (Å²) in [5, 5.41) is 9.54. The number of aromatic nitrogens is 3. The Kier molecular flexibility index (Phi) is 4.33. The second kappa shape index (κ2) is 6.57. The number of carbonyl (C=O) groups excluding carboxylic acids is 1. The molecular formula is C17H14F2N4O. The molecule has 2 aromatic carbocycles. The SMILES string of the molecule is Cc1nc(-c2cccc(NC(=O)Cc3ccc(F)c(F)c3)c2)n[nH]1. The third-order valence-corrected chi connectivity index (χ3v) is 3.35. The summed E-state index contributed by atoms with van der Waals surface area (Å²) in [7, 11) is 0. The van der Waals surface area contributed by atoms with Crippen molar-refractivity contribution in [3.63, 3.8) is 0 Å². The van der Waals surface area contributed by atoms with Crippen molar-refractivity contribution in [2.45, 2.75) is 13.3 Å². The molecule has 122 valence electrons. The number of halogens is 2. The Bertz CT molecular complexity index is 892. The molecule has 3 rings (SSSR count). The predicted molar refractivity (Wildman–Crippen MR) is 85.2 cm³/mol. The van der Waals surface area contributed by atoms with Crippen LogP contribution in [0.15, 0.2) is 42.5 Å². The molecule has 0 aliphatic rings. The number of aromatic amines is 1. The Balaban J connectivity index is 1.71. The molecule has 0 atom stereocenters. The number of nitrogens with zero attached hydrogens (tertiary/aromatic N) is 2. The fourth-order valence-corrected chi connectivity index (χ4v) is 2.25. The molecule has 3 aromatic rings. The number of carbonyl (C=O) groups is 1. The average molecular weight is 328 g/mol. The normalized spacial score (nSPS) is 10.6. The van der Waals surface area contributed by atoms with Crippen molar-refractivity contribution < 1.29 is 13.6 Å². The number of hydrogen-bond acceptors (Lipinski definition) is 3. The molecule has 1 aromatic heterocycles. The Labute approximate surface area is 136 Å². The molecule has 0 radical (unpaired) electrons. The van der Waals surface area contributed by atoms with Crippen molar-refractivity contribution in [3.05, 3.63) is 65.5 Å². The molecule has 0 aliphatic heterocycles. The molecule has 0 saturated heterocycles. The van der Waals surface area contributed by atoms with Gasteiger partial charge >= 0.3 is 0 Å². The van der Waals surface area contributed by atoms with E-state index in [0.29, 0.717) is 22.9 Å². The number of benzene rings is 2. The van der Waals surface area contributed by atoms with Gasteiger partial charge in [-0.25, -0.2) is 13.8 Å². The maximum atomic E-state index is 13.2. The van der Waals surface area contributed by atoms with Gasteiger partial charge in [0.25, 0.3) is 0 Å². The molecule has 2 N–H and O–H groups in total. The Morgan fingerprint density at radius 2 is 2.00 bits per heavy atom. The first-order valence-electron chi connectivity index (χ1n) is 7.24. The lowest BCUT2D eigenvalue weighted by molar-refractivity contribution is -0.115. The van der Waals surface area contributed by atoms with Crippen molar-refractivity contribution in [3.8, 4) is 11.4 Å². The predicted octanol–water partition coefficient (Wildman–Crippen LogP) is 3.24. The Morgan fingerprint density at radius 1 is 1.17 bits per heavy atom. The van der Waals surface area contributed by atoms with E-state index >= 15 is 0 Å². The largest absolute Gasteiger partial charge is 0.326 e. The van der Waals surface area contributed by atoms with E-state index in [1.54, 1.807) is 25.1 Å². The zero-order valence-electron chi connectivity index (χ0n) is 12.8. The standard InChI is InChI=1S/C17H14F2N4O/c1-10-20-17(23-22-10)12-3-2-4-13(9-12)21-16(24)8-11-5-6-14(18)15(19)7-11/h2-7,9H,8H2,1H3,(H,21,24)(H,20,22,23). The molecule has 24 heavy (non-hydrogen) atoms. The van der Waals surface area contributed by atoms with Crippen LogP contribution in [0, 0.1) is 18.6 Å². The molecule has 0 aliphatic carbocycles. The van der Waals surface area contributed by atoms with Gasteiger partial charge in [0.15, 0.2) is 17.5 Å². The van der Waals surface area contributed by atoms with E-state index in [4.69, 9.17) is 0 Å². The van der Waals surface area contributed by atoms with Crippen LogP contribution in [0.5, 0.6) is 0 Å². The highest BCUT2D eigenvalue weighted by Gasteiger charge is 2.09. The maximum absolute atomic E-state index is 13.2. The van der Waals surface area contributed by atoms with Crippen molar-refractivity contribution >= 4 is 11.6 Å². The van der Waals surface area contributed by atoms with Crippen LogP contribution in [0.4, 0.5) is 14.5 Å². The van der Waals surface area contributed by atoms with Gasteiger partial charge in [-0.15, -0.1) is 0 Å². The summed E-state index contributed by atoms with van der Waals surface area (Å²) in [4.78, 5) is 16.3. The van der Waals surface area contributed by atoms with Crippen LogP contribution in [0.25, 0.3) is 11.4 Å². The molecule has 1 heterocycles. The number of H-pyrrole nitrogens is 1. The first-order chi connectivity index (χ1) is 11.5. The summed E-state index contributed by atoms with van der Waals surface area (Å²) < 4.78 is 26.1. The molecule has 7 heteroatoms. The quantitative estimate of drug-likeness (QED) is 0.772. The highest BCUT2D eigenvalue weighted by atomic mass is 19.2. The molecule has 1 amide bonds. The van der Waals surface area contributed by atoms with E-state index < -0.39 is 11.6 Å². The number of anilines is 1. The van der Waals surface area contributed by atoms with E-state index in [2.05, 4.69) is 20.5 Å². The van der Waals surface area contributed by atoms with Crippen LogP contribution in [-0.2, 0) is 11.2 Å². The van der Waals surface area contributed by atoms with E-state index in [0.717, 1.165) is 17.7 Å². The van der Waals surface area contributed by atoms with Crippen LogP contribution in [0.1, 0.15) is 11.4 Å². The minimum Gasteiger partial charge on any atom is -0.326 e. The van der Waals surface area contributed by atoms with Crippen LogP contribution < -0.4 is 5.32 Å². The van der Waals surface area contributed by atoms with Gasteiger partial charge in [-0.1, -0.05) is 18.2 Å². The van der Waals surface area contributed by atoms with Crippen molar-refractivity contribution in [2.75, 3.05) is 5.32 Å². The van der Waals surface area contributed by atoms with Crippen molar-refractivity contribution in [1.82, 2.24) is 15.2 Å². The van der Waals surface area contributed by atoms with Gasteiger partial charge < -0.3 is 5.32 Å². The van der Waals surface area contributed by atoms with Gasteiger partial charge in [0, 0.05) is 11.3 Å². The molecule has 0 saturated carbocycles. The van der Waals surface area contributed by atoms with Crippen LogP contribution >= 0.6 is 0 Å². The number of rotatable bonds is 4. The number of amides is 1. The summed E-state index contributed by atoms with van der Waals surface area (Å²) in [5.41, 5.74) is 1.72. The fraction of sp³-hybridized carbons (Fsp3) is 0.118. The monoisotopic (exact) mass is 328 g/mol. The summed E-state index contributed by atoms with van der Waals surface area (Å²) in [5.74, 6) is -1.01. The number of hydrogen-bond donors (Lipinski definition) is 2. The van der Waals surface area contributed by atoms with Gasteiger partial charge in [-0.3, -0.25) is 9.89 Å². The third kappa shape index (κ3) is 3.62. The number of aryl methyl sites for hydroxylation is 1. The Morgan fingerprint density at radius 3 is 2.71 bits per heavy atom. The third-order valence-electron chi connectivity index (χ3n) is 3.35. The van der Waals surface area contributed by atoms with Gasteiger partial charge in [0.2, 0.25) is 5.91 Å². The Hall–Kier alpha value is -3.09. The zero-order valence-corrected chi connectivity index (χ0v) is 12.8. The first-order valence-corrected chi connectivity index (χ1v) is 7.24. The summed E-state index contributed by atoms with van der Waals surface area (Å²) in [6.07, 6.45) is -0.0544. The lowest BCUT2D eigenvalue weighted by atomic mass is 10.1. The maximum Gasteiger partial charge on any atom is 0.228 e. The van der Waals surface area contributed by atoms with Gasteiger partial charge in [0.1, 0.15) is 5.82 Å². The zero-order chi connectivity index (χ0) is 17.1. The minimum absolute atomic E-state index is 0.0544.